The van der Waals surface area contributed by atoms with Crippen LogP contribution in [0, 0.1) is 0 Å². The zero-order valence-corrected chi connectivity index (χ0v) is 15.9. The number of esters is 1. The molecule has 10 nitrogen and oxygen atoms in total. The molecule has 24 heavy (non-hydrogen) atoms. The summed E-state index contributed by atoms with van der Waals surface area (Å²) in [5.41, 5.74) is 0. The van der Waals surface area contributed by atoms with E-state index in [0.29, 0.717) is 0 Å². The topological polar surface area (TPSA) is 155 Å². The molecule has 4 unspecified atom stereocenters. The third-order valence-corrected chi connectivity index (χ3v) is 4.46. The maximum atomic E-state index is 11.7. The number of aliphatic hydroxyl groups is 4. The van der Waals surface area contributed by atoms with Gasteiger partial charge in [0.2, 0.25) is 5.91 Å². The number of methoxy groups -OCH3 is 1. The van der Waals surface area contributed by atoms with Gasteiger partial charge in [0.1, 0.15) is 18.3 Å². The minimum Gasteiger partial charge on any atom is -0.465 e. The number of amides is 1. The number of halogens is 1. The van der Waals surface area contributed by atoms with Gasteiger partial charge >= 0.3 is 5.97 Å². The maximum absolute atomic E-state index is 11.7. The molecule has 0 aromatic carbocycles. The van der Waals surface area contributed by atoms with Crippen LogP contribution in [0.15, 0.2) is 0 Å². The molecule has 1 fully saturated rings. The molecule has 0 bridgehead atoms. The summed E-state index contributed by atoms with van der Waals surface area (Å²) >= 11 is 1.81. The van der Waals surface area contributed by atoms with Gasteiger partial charge in [0.05, 0.1) is 35.1 Å². The molecule has 1 saturated heterocycles. The lowest BCUT2D eigenvalue weighted by molar-refractivity contribution is -0.296. The maximum Gasteiger partial charge on any atom is 0.366 e. The number of nitrogens with one attached hydrogen (secondary N) is 1. The molecular formula is C12H20INO9S. The van der Waals surface area contributed by atoms with Gasteiger partial charge in [-0.05, 0) is 0 Å². The van der Waals surface area contributed by atoms with Crippen LogP contribution in [0.1, 0.15) is 13.3 Å². The molecule has 1 aliphatic heterocycles. The van der Waals surface area contributed by atoms with E-state index in [4.69, 9.17) is 8.92 Å². The molecule has 0 saturated carbocycles. The Kier molecular flexibility index (Phi) is 8.61. The lowest BCUT2D eigenvalue weighted by Crippen LogP contribution is -2.67. The highest BCUT2D eigenvalue weighted by molar-refractivity contribution is 14.2. The van der Waals surface area contributed by atoms with Crippen molar-refractivity contribution in [1.29, 1.82) is 0 Å². The fourth-order valence-corrected chi connectivity index (χ4v) is 3.01. The van der Waals surface area contributed by atoms with Crippen LogP contribution in [0.3, 0.4) is 0 Å². The molecule has 0 aliphatic carbocycles. The van der Waals surface area contributed by atoms with E-state index in [-0.39, 0.29) is 6.61 Å². The van der Waals surface area contributed by atoms with Crippen LogP contribution in [0.2, 0.25) is 0 Å². The normalized spacial score (nSPS) is 32.7. The molecule has 0 aromatic rings. The predicted octanol–water partition coefficient (Wildman–Crippen LogP) is -1.76. The lowest BCUT2D eigenvalue weighted by Gasteiger charge is -2.45. The van der Waals surface area contributed by atoms with E-state index in [1.807, 2.05) is 21.2 Å². The van der Waals surface area contributed by atoms with Gasteiger partial charge in [-0.15, -0.1) is 0 Å². The van der Waals surface area contributed by atoms with Gasteiger partial charge in [-0.3, -0.25) is 4.79 Å². The van der Waals surface area contributed by atoms with E-state index < -0.39 is 54.5 Å². The first-order valence-corrected chi connectivity index (χ1v) is 10.1. The highest BCUT2D eigenvalue weighted by Gasteiger charge is 2.54. The Bertz CT molecular complexity index is 456. The van der Waals surface area contributed by atoms with Crippen molar-refractivity contribution in [3.8, 4) is 0 Å². The Morgan fingerprint density at radius 1 is 1.50 bits per heavy atom. The van der Waals surface area contributed by atoms with Crippen LogP contribution in [-0.4, -0.2) is 82.3 Å². The SMILES string of the molecule is COC(=O)[C@@]1(O)C[C@@H](O)C(NC(C)=O)C(C(O)C(O)COSI)O1. The summed E-state index contributed by atoms with van der Waals surface area (Å²) in [5, 5.41) is 43.0. The van der Waals surface area contributed by atoms with Crippen molar-refractivity contribution < 1.29 is 43.7 Å². The van der Waals surface area contributed by atoms with Crippen molar-refractivity contribution in [2.75, 3.05) is 13.7 Å². The van der Waals surface area contributed by atoms with Crippen molar-refractivity contribution in [2.24, 2.45) is 0 Å². The van der Waals surface area contributed by atoms with E-state index in [9.17, 15) is 30.0 Å². The Hall–Kier alpha value is -0.220. The average molecular weight is 481 g/mol. The highest BCUT2D eigenvalue weighted by Crippen LogP contribution is 2.31. The molecule has 6 atom stereocenters. The van der Waals surface area contributed by atoms with Gasteiger partial charge < -0.3 is 39.4 Å². The third kappa shape index (κ3) is 5.39. The number of aliphatic hydroxyl groups excluding tert-OH is 3. The van der Waals surface area contributed by atoms with E-state index in [1.165, 1.54) is 6.92 Å². The van der Waals surface area contributed by atoms with Gasteiger partial charge in [-0.2, -0.15) is 0 Å². The number of hydrogen-bond donors (Lipinski definition) is 5. The molecule has 1 heterocycles. The predicted molar refractivity (Wildman–Crippen MR) is 89.6 cm³/mol. The monoisotopic (exact) mass is 481 g/mol. The van der Waals surface area contributed by atoms with Crippen molar-refractivity contribution in [3.63, 3.8) is 0 Å². The summed E-state index contributed by atoms with van der Waals surface area (Å²) in [7, 11) is 1.95. The van der Waals surface area contributed by atoms with Crippen LogP contribution in [0.25, 0.3) is 0 Å². The van der Waals surface area contributed by atoms with E-state index in [1.54, 1.807) is 0 Å². The largest absolute Gasteiger partial charge is 0.465 e. The second-order valence-electron chi connectivity index (χ2n) is 5.26. The fourth-order valence-electron chi connectivity index (χ4n) is 2.38. The van der Waals surface area contributed by atoms with Crippen LogP contribution < -0.4 is 5.32 Å². The summed E-state index contributed by atoms with van der Waals surface area (Å²) in [6.07, 6.45) is -6.63. The van der Waals surface area contributed by atoms with Crippen molar-refractivity contribution in [2.45, 2.75) is 49.6 Å². The smallest absolute Gasteiger partial charge is 0.366 e. The van der Waals surface area contributed by atoms with E-state index in [2.05, 4.69) is 10.1 Å². The summed E-state index contributed by atoms with van der Waals surface area (Å²) in [6.45, 7) is 0.901. The molecule has 12 heteroatoms. The Labute approximate surface area is 154 Å². The van der Waals surface area contributed by atoms with Gasteiger partial charge in [0.15, 0.2) is 0 Å². The second-order valence-corrected chi connectivity index (χ2v) is 6.70. The first-order valence-electron chi connectivity index (χ1n) is 6.86. The molecule has 0 spiro atoms. The van der Waals surface area contributed by atoms with Crippen LogP contribution in [0.4, 0.5) is 0 Å². The van der Waals surface area contributed by atoms with Crippen molar-refractivity contribution in [1.82, 2.24) is 5.32 Å². The first kappa shape index (κ1) is 21.8. The Morgan fingerprint density at radius 3 is 2.62 bits per heavy atom. The van der Waals surface area contributed by atoms with Gasteiger partial charge in [-0.25, -0.2) is 4.79 Å². The number of carbonyl (C=O) groups excluding carboxylic acids is 2. The summed E-state index contributed by atoms with van der Waals surface area (Å²) in [4.78, 5) is 23.0. The number of ether oxygens (including phenoxy) is 2. The Morgan fingerprint density at radius 2 is 2.12 bits per heavy atom. The molecule has 140 valence electrons. The van der Waals surface area contributed by atoms with E-state index in [0.717, 1.165) is 16.3 Å². The third-order valence-electron chi connectivity index (χ3n) is 3.47. The summed E-state index contributed by atoms with van der Waals surface area (Å²) in [6, 6.07) is -1.16. The van der Waals surface area contributed by atoms with E-state index >= 15 is 0 Å². The standard InChI is InChI=1S/C12H20INO9S/c1-5(15)14-8-6(16)3-12(20,11(19)21-2)23-10(8)9(18)7(17)4-22-24-13/h6-10,16-18,20H,3-4H2,1-2H3,(H,14,15)/t6-,7?,8?,9?,10?,12-/m1/s1. The van der Waals surface area contributed by atoms with Gasteiger partial charge in [0.25, 0.3) is 5.79 Å². The Balaban J connectivity index is 3.04. The minimum atomic E-state index is -2.52. The number of carbonyl (C=O) groups is 2. The van der Waals surface area contributed by atoms with Gasteiger partial charge in [0, 0.05) is 34.6 Å². The average Bonchev–Trinajstić information content (AvgIpc) is 2.53. The zero-order valence-electron chi connectivity index (χ0n) is 12.9. The quantitative estimate of drug-likeness (QED) is 0.161. The molecule has 0 radical (unpaired) electrons. The van der Waals surface area contributed by atoms with Crippen molar-refractivity contribution >= 4 is 42.3 Å². The molecule has 1 aliphatic rings. The van der Waals surface area contributed by atoms with Gasteiger partial charge in [-0.1, -0.05) is 0 Å². The number of rotatable bonds is 7. The molecule has 0 aromatic heterocycles. The fraction of sp³-hybridized carbons (Fsp3) is 0.833. The lowest BCUT2D eigenvalue weighted by atomic mass is 9.88. The molecule has 1 amide bonds. The summed E-state index contributed by atoms with van der Waals surface area (Å²) < 4.78 is 14.5. The van der Waals surface area contributed by atoms with Crippen LogP contribution >= 0.6 is 30.4 Å². The highest BCUT2D eigenvalue weighted by atomic mass is 127. The molecule has 5 N–H and O–H groups in total. The van der Waals surface area contributed by atoms with Crippen LogP contribution in [0.5, 0.6) is 0 Å². The second kappa shape index (κ2) is 9.47. The minimum absolute atomic E-state index is 0.284. The summed E-state index contributed by atoms with van der Waals surface area (Å²) in [5.74, 6) is -4.22. The first-order chi connectivity index (χ1) is 11.2. The van der Waals surface area contributed by atoms with Crippen LogP contribution in [-0.2, 0) is 23.2 Å². The zero-order chi connectivity index (χ0) is 18.5. The molecular weight excluding hydrogens is 461 g/mol. The van der Waals surface area contributed by atoms with Crippen molar-refractivity contribution in [3.05, 3.63) is 0 Å². The number of hydrogen-bond acceptors (Lipinski definition) is 10. The molecule has 1 rings (SSSR count).